The van der Waals surface area contributed by atoms with Crippen LogP contribution in [0, 0.1) is 12.8 Å². The zero-order valence-corrected chi connectivity index (χ0v) is 13.6. The minimum atomic E-state index is -0.566. The molecule has 0 bridgehead atoms. The Bertz CT molecular complexity index is 446. The molecule has 1 aromatic carbocycles. The van der Waals surface area contributed by atoms with Gasteiger partial charge in [-0.3, -0.25) is 4.79 Å². The van der Waals surface area contributed by atoms with Crippen molar-refractivity contribution < 1.29 is 9.90 Å². The molecule has 0 saturated heterocycles. The number of hydrogen-bond donors (Lipinski definition) is 2. The molecule has 0 saturated carbocycles. The van der Waals surface area contributed by atoms with Crippen LogP contribution in [-0.2, 0) is 4.79 Å². The Morgan fingerprint density at radius 3 is 2.57 bits per heavy atom. The molecular weight excluding hydrogens is 264 g/mol. The fraction of sp³-hybridized carbons (Fsp3) is 0.588. The van der Waals surface area contributed by atoms with Crippen LogP contribution >= 0.6 is 0 Å². The number of hydrogen-bond acceptors (Lipinski definition) is 3. The summed E-state index contributed by atoms with van der Waals surface area (Å²) in [5.41, 5.74) is 2.44. The third kappa shape index (κ3) is 5.76. The Kier molecular flexibility index (Phi) is 7.23. The van der Waals surface area contributed by atoms with Crippen LogP contribution in [0.25, 0.3) is 0 Å². The van der Waals surface area contributed by atoms with Crippen molar-refractivity contribution >= 4 is 11.6 Å². The molecule has 0 heterocycles. The van der Waals surface area contributed by atoms with Gasteiger partial charge in [-0.2, -0.15) is 0 Å². The second kappa shape index (κ2) is 8.67. The number of benzene rings is 1. The predicted octanol–water partition coefficient (Wildman–Crippen LogP) is 2.34. The molecule has 1 aromatic rings. The number of nitrogens with zero attached hydrogens (tertiary/aromatic N) is 1. The van der Waals surface area contributed by atoms with Crippen molar-refractivity contribution in [1.82, 2.24) is 5.32 Å². The molecule has 1 rings (SSSR count). The number of para-hydroxylation sites is 1. The molecule has 1 unspecified atom stereocenters. The van der Waals surface area contributed by atoms with Crippen LogP contribution in [0.1, 0.15) is 32.8 Å². The molecule has 1 atom stereocenters. The number of likely N-dealkylation sites (N-methyl/N-ethyl adjacent to an activating group) is 1. The van der Waals surface area contributed by atoms with Crippen molar-refractivity contribution in [2.75, 3.05) is 24.5 Å². The van der Waals surface area contributed by atoms with E-state index >= 15 is 0 Å². The molecule has 118 valence electrons. The van der Waals surface area contributed by atoms with Crippen molar-refractivity contribution in [2.45, 2.75) is 40.2 Å². The number of aryl methyl sites for hydroxylation is 1. The summed E-state index contributed by atoms with van der Waals surface area (Å²) >= 11 is 0. The molecule has 0 aliphatic rings. The van der Waals surface area contributed by atoms with Crippen molar-refractivity contribution in [1.29, 1.82) is 0 Å². The van der Waals surface area contributed by atoms with E-state index in [9.17, 15) is 9.90 Å². The predicted molar refractivity (Wildman–Crippen MR) is 87.5 cm³/mol. The van der Waals surface area contributed by atoms with E-state index in [1.807, 2.05) is 26.0 Å². The van der Waals surface area contributed by atoms with Crippen LogP contribution in [0.5, 0.6) is 0 Å². The summed E-state index contributed by atoms with van der Waals surface area (Å²) in [4.78, 5) is 14.0. The molecule has 0 aliphatic carbocycles. The first-order chi connectivity index (χ1) is 9.95. The lowest BCUT2D eigenvalue weighted by atomic mass is 10.0. The number of rotatable bonds is 8. The quantitative estimate of drug-likeness (QED) is 0.773. The van der Waals surface area contributed by atoms with E-state index in [2.05, 4.69) is 36.2 Å². The highest BCUT2D eigenvalue weighted by molar-refractivity contribution is 5.76. The fourth-order valence-electron chi connectivity index (χ4n) is 2.20. The topological polar surface area (TPSA) is 52.6 Å². The molecule has 1 amide bonds. The van der Waals surface area contributed by atoms with Gasteiger partial charge in [-0.15, -0.1) is 0 Å². The van der Waals surface area contributed by atoms with E-state index in [1.54, 1.807) is 0 Å². The number of aliphatic hydroxyl groups excluding tert-OH is 1. The van der Waals surface area contributed by atoms with E-state index in [1.165, 1.54) is 11.3 Å². The van der Waals surface area contributed by atoms with Crippen LogP contribution in [-0.4, -0.2) is 36.8 Å². The first kappa shape index (κ1) is 17.5. The third-order valence-corrected chi connectivity index (χ3v) is 3.71. The maximum atomic E-state index is 11.7. The van der Waals surface area contributed by atoms with Gasteiger partial charge in [0.25, 0.3) is 0 Å². The summed E-state index contributed by atoms with van der Waals surface area (Å²) in [5, 5.41) is 12.6. The van der Waals surface area contributed by atoms with Gasteiger partial charge in [0.15, 0.2) is 0 Å². The minimum Gasteiger partial charge on any atom is -0.392 e. The fourth-order valence-corrected chi connectivity index (χ4v) is 2.20. The molecule has 4 heteroatoms. The summed E-state index contributed by atoms with van der Waals surface area (Å²) in [7, 11) is 0. The Morgan fingerprint density at radius 1 is 1.33 bits per heavy atom. The van der Waals surface area contributed by atoms with Crippen LogP contribution in [0.15, 0.2) is 24.3 Å². The molecule has 0 spiro atoms. The number of nitrogens with one attached hydrogen (secondary N) is 1. The van der Waals surface area contributed by atoms with Gasteiger partial charge in [0.1, 0.15) is 0 Å². The summed E-state index contributed by atoms with van der Waals surface area (Å²) < 4.78 is 0. The van der Waals surface area contributed by atoms with Crippen LogP contribution in [0.2, 0.25) is 0 Å². The number of aliphatic hydroxyl groups is 1. The maximum Gasteiger partial charge on any atom is 0.222 e. The Balaban J connectivity index is 2.43. The van der Waals surface area contributed by atoms with Crippen LogP contribution in [0.3, 0.4) is 0 Å². The Hall–Kier alpha value is -1.55. The van der Waals surface area contributed by atoms with Gasteiger partial charge in [0, 0.05) is 25.3 Å². The van der Waals surface area contributed by atoms with Crippen molar-refractivity contribution in [3.63, 3.8) is 0 Å². The average molecular weight is 292 g/mol. The molecule has 2 N–H and O–H groups in total. The molecule has 0 fully saturated rings. The first-order valence-electron chi connectivity index (χ1n) is 7.71. The van der Waals surface area contributed by atoms with Crippen molar-refractivity contribution in [2.24, 2.45) is 5.92 Å². The SMILES string of the molecule is CCN(CCNC(=O)CC(O)C(C)C)c1ccccc1C. The van der Waals surface area contributed by atoms with Gasteiger partial charge in [0.05, 0.1) is 12.5 Å². The lowest BCUT2D eigenvalue weighted by Crippen LogP contribution is -2.37. The van der Waals surface area contributed by atoms with Gasteiger partial charge < -0.3 is 15.3 Å². The highest BCUT2D eigenvalue weighted by Crippen LogP contribution is 2.18. The molecular formula is C17H28N2O2. The highest BCUT2D eigenvalue weighted by Gasteiger charge is 2.14. The number of carbonyl (C=O) groups excluding carboxylic acids is 1. The monoisotopic (exact) mass is 292 g/mol. The molecule has 21 heavy (non-hydrogen) atoms. The molecule has 0 aromatic heterocycles. The smallest absolute Gasteiger partial charge is 0.222 e. The van der Waals surface area contributed by atoms with Gasteiger partial charge in [0.2, 0.25) is 5.91 Å². The molecule has 0 radical (unpaired) electrons. The summed E-state index contributed by atoms with van der Waals surface area (Å²) in [6.07, 6.45) is -0.391. The lowest BCUT2D eigenvalue weighted by molar-refractivity contribution is -0.123. The van der Waals surface area contributed by atoms with Gasteiger partial charge in [-0.25, -0.2) is 0 Å². The van der Waals surface area contributed by atoms with E-state index in [0.717, 1.165) is 13.1 Å². The van der Waals surface area contributed by atoms with E-state index in [-0.39, 0.29) is 18.2 Å². The summed E-state index contributed by atoms with van der Waals surface area (Å²) in [6.45, 7) is 10.3. The summed E-state index contributed by atoms with van der Waals surface area (Å²) in [6, 6.07) is 8.25. The van der Waals surface area contributed by atoms with Gasteiger partial charge in [-0.1, -0.05) is 32.0 Å². The standard InChI is InChI=1S/C17H28N2O2/c1-5-19(15-9-7-6-8-14(15)4)11-10-18-17(21)12-16(20)13(2)3/h6-9,13,16,20H,5,10-12H2,1-4H3,(H,18,21). The Labute approximate surface area is 128 Å². The number of amides is 1. The van der Waals surface area contributed by atoms with Crippen molar-refractivity contribution in [3.05, 3.63) is 29.8 Å². The second-order valence-electron chi connectivity index (χ2n) is 5.73. The number of anilines is 1. The Morgan fingerprint density at radius 2 is 2.00 bits per heavy atom. The second-order valence-corrected chi connectivity index (χ2v) is 5.73. The molecule has 4 nitrogen and oxygen atoms in total. The molecule has 0 aliphatic heterocycles. The first-order valence-corrected chi connectivity index (χ1v) is 7.71. The van der Waals surface area contributed by atoms with E-state index in [0.29, 0.717) is 6.54 Å². The van der Waals surface area contributed by atoms with Gasteiger partial charge in [-0.05, 0) is 31.4 Å². The van der Waals surface area contributed by atoms with Crippen LogP contribution in [0.4, 0.5) is 5.69 Å². The zero-order chi connectivity index (χ0) is 15.8. The number of carbonyl (C=O) groups is 1. The van der Waals surface area contributed by atoms with E-state index in [4.69, 9.17) is 0 Å². The lowest BCUT2D eigenvalue weighted by Gasteiger charge is -2.25. The average Bonchev–Trinajstić information content (AvgIpc) is 2.44. The summed E-state index contributed by atoms with van der Waals surface area (Å²) in [5.74, 6) is 0.0203. The van der Waals surface area contributed by atoms with Gasteiger partial charge >= 0.3 is 0 Å². The van der Waals surface area contributed by atoms with Crippen LogP contribution < -0.4 is 10.2 Å². The largest absolute Gasteiger partial charge is 0.392 e. The van der Waals surface area contributed by atoms with Crippen molar-refractivity contribution in [3.8, 4) is 0 Å². The normalized spacial score (nSPS) is 12.3. The van der Waals surface area contributed by atoms with E-state index < -0.39 is 6.10 Å². The minimum absolute atomic E-state index is 0.0861. The highest BCUT2D eigenvalue weighted by atomic mass is 16.3. The zero-order valence-electron chi connectivity index (χ0n) is 13.6. The third-order valence-electron chi connectivity index (χ3n) is 3.71. The maximum absolute atomic E-state index is 11.7.